The van der Waals surface area contributed by atoms with Crippen molar-refractivity contribution in [3.05, 3.63) is 12.1 Å². The number of hydrogen-bond donors (Lipinski definition) is 1. The lowest BCUT2D eigenvalue weighted by Crippen LogP contribution is -2.49. The first-order chi connectivity index (χ1) is 14.1. The van der Waals surface area contributed by atoms with Gasteiger partial charge in [-0.1, -0.05) is 18.7 Å². The molecular formula is C19H27N5O4S. The number of thioether (sulfide) groups is 1. The monoisotopic (exact) mass is 421 g/mol. The standard InChI is InChI=1S/C19H27N5O4S/c1-5-23-6-8-24(9-7-23)16(25)12-29-19-20-18(21-22-19)13-10-14(26-2)17(28-4)15(11-13)27-3/h10-11H,5-9,12H2,1-4H3,(H,20,21,22). The second-order valence-electron chi connectivity index (χ2n) is 6.48. The Morgan fingerprint density at radius 1 is 1.10 bits per heavy atom. The molecule has 0 spiro atoms. The predicted molar refractivity (Wildman–Crippen MR) is 111 cm³/mol. The van der Waals surface area contributed by atoms with Crippen molar-refractivity contribution >= 4 is 17.7 Å². The van der Waals surface area contributed by atoms with Gasteiger partial charge in [-0.05, 0) is 18.7 Å². The molecule has 1 saturated heterocycles. The van der Waals surface area contributed by atoms with Crippen molar-refractivity contribution in [3.8, 4) is 28.6 Å². The maximum absolute atomic E-state index is 12.5. The molecule has 158 valence electrons. The number of aromatic amines is 1. The molecule has 2 heterocycles. The third-order valence-corrected chi connectivity index (χ3v) is 5.73. The van der Waals surface area contributed by atoms with E-state index in [0.29, 0.717) is 34.0 Å². The number of methoxy groups -OCH3 is 3. The van der Waals surface area contributed by atoms with Crippen molar-refractivity contribution in [2.75, 3.05) is 59.8 Å². The summed E-state index contributed by atoms with van der Waals surface area (Å²) in [4.78, 5) is 21.2. The Balaban J connectivity index is 1.64. The smallest absolute Gasteiger partial charge is 0.233 e. The van der Waals surface area contributed by atoms with Crippen LogP contribution in [0.3, 0.4) is 0 Å². The SMILES string of the molecule is CCN1CCN(C(=O)CSc2n[nH]c(-c3cc(OC)c(OC)c(OC)c3)n2)CC1. The van der Waals surface area contributed by atoms with Crippen LogP contribution in [0, 0.1) is 0 Å². The van der Waals surface area contributed by atoms with Crippen LogP contribution in [0.25, 0.3) is 11.4 Å². The van der Waals surface area contributed by atoms with Gasteiger partial charge in [0.15, 0.2) is 17.3 Å². The highest BCUT2D eigenvalue weighted by Gasteiger charge is 2.21. The minimum atomic E-state index is 0.116. The molecule has 0 unspecified atom stereocenters. The van der Waals surface area contributed by atoms with E-state index in [2.05, 4.69) is 27.0 Å². The third kappa shape index (κ3) is 4.94. The Hall–Kier alpha value is -2.46. The van der Waals surface area contributed by atoms with Crippen LogP contribution in [0.15, 0.2) is 17.3 Å². The van der Waals surface area contributed by atoms with Crippen molar-refractivity contribution in [1.82, 2.24) is 25.0 Å². The maximum atomic E-state index is 12.5. The van der Waals surface area contributed by atoms with Crippen LogP contribution in [0.2, 0.25) is 0 Å². The number of aromatic nitrogens is 3. The van der Waals surface area contributed by atoms with E-state index in [1.165, 1.54) is 11.8 Å². The van der Waals surface area contributed by atoms with Crippen molar-refractivity contribution in [3.63, 3.8) is 0 Å². The summed E-state index contributed by atoms with van der Waals surface area (Å²) in [7, 11) is 4.69. The van der Waals surface area contributed by atoms with Gasteiger partial charge < -0.3 is 24.0 Å². The zero-order valence-electron chi connectivity index (χ0n) is 17.2. The number of carbonyl (C=O) groups excluding carboxylic acids is 1. The van der Waals surface area contributed by atoms with Gasteiger partial charge in [-0.25, -0.2) is 4.98 Å². The van der Waals surface area contributed by atoms with Gasteiger partial charge in [0.25, 0.3) is 0 Å². The van der Waals surface area contributed by atoms with E-state index in [1.54, 1.807) is 33.5 Å². The average molecular weight is 422 g/mol. The minimum absolute atomic E-state index is 0.116. The molecule has 1 amide bonds. The average Bonchev–Trinajstić information content (AvgIpc) is 3.25. The molecule has 1 N–H and O–H groups in total. The summed E-state index contributed by atoms with van der Waals surface area (Å²) in [5, 5.41) is 7.66. The fourth-order valence-corrected chi connectivity index (χ4v) is 3.89. The van der Waals surface area contributed by atoms with Gasteiger partial charge >= 0.3 is 0 Å². The Morgan fingerprint density at radius 3 is 2.31 bits per heavy atom. The lowest BCUT2D eigenvalue weighted by Gasteiger charge is -2.33. The lowest BCUT2D eigenvalue weighted by molar-refractivity contribution is -0.130. The number of piperazine rings is 1. The third-order valence-electron chi connectivity index (χ3n) is 4.90. The van der Waals surface area contributed by atoms with E-state index in [1.807, 2.05) is 4.90 Å². The van der Waals surface area contributed by atoms with Crippen LogP contribution in [0.4, 0.5) is 0 Å². The summed E-state index contributed by atoms with van der Waals surface area (Å²) >= 11 is 1.33. The van der Waals surface area contributed by atoms with E-state index in [9.17, 15) is 4.79 Å². The summed E-state index contributed by atoms with van der Waals surface area (Å²) < 4.78 is 16.1. The Kier molecular flexibility index (Phi) is 7.21. The quantitative estimate of drug-likeness (QED) is 0.645. The molecule has 0 aliphatic carbocycles. The second-order valence-corrected chi connectivity index (χ2v) is 7.43. The molecular weight excluding hydrogens is 394 g/mol. The number of carbonyl (C=O) groups is 1. The van der Waals surface area contributed by atoms with Gasteiger partial charge in [0.1, 0.15) is 0 Å². The van der Waals surface area contributed by atoms with Crippen LogP contribution in [-0.4, -0.2) is 90.7 Å². The Bertz CT molecular complexity index is 811. The van der Waals surface area contributed by atoms with Crippen molar-refractivity contribution in [2.24, 2.45) is 0 Å². The fraction of sp³-hybridized carbons (Fsp3) is 0.526. The molecule has 0 bridgehead atoms. The maximum Gasteiger partial charge on any atom is 0.233 e. The predicted octanol–water partition coefficient (Wildman–Crippen LogP) is 1.75. The molecule has 0 saturated carbocycles. The Morgan fingerprint density at radius 2 is 1.76 bits per heavy atom. The first-order valence-electron chi connectivity index (χ1n) is 9.45. The van der Waals surface area contributed by atoms with E-state index in [4.69, 9.17) is 14.2 Å². The summed E-state index contributed by atoms with van der Waals surface area (Å²) in [5.41, 5.74) is 0.751. The number of ether oxygens (including phenoxy) is 3. The van der Waals surface area contributed by atoms with Gasteiger partial charge in [-0.2, -0.15) is 0 Å². The number of nitrogens with one attached hydrogen (secondary N) is 1. The molecule has 1 fully saturated rings. The number of likely N-dealkylation sites (N-methyl/N-ethyl adjacent to an activating group) is 1. The van der Waals surface area contributed by atoms with Gasteiger partial charge in [0, 0.05) is 31.7 Å². The molecule has 29 heavy (non-hydrogen) atoms. The van der Waals surface area contributed by atoms with E-state index in [0.717, 1.165) is 38.3 Å². The summed E-state index contributed by atoms with van der Waals surface area (Å²) in [5.74, 6) is 2.59. The van der Waals surface area contributed by atoms with Crippen molar-refractivity contribution in [1.29, 1.82) is 0 Å². The van der Waals surface area contributed by atoms with Crippen LogP contribution in [0.1, 0.15) is 6.92 Å². The number of benzene rings is 1. The highest BCUT2D eigenvalue weighted by Crippen LogP contribution is 2.40. The molecule has 1 aromatic carbocycles. The summed E-state index contributed by atoms with van der Waals surface area (Å²) in [6.45, 7) is 6.58. The van der Waals surface area contributed by atoms with Gasteiger partial charge in [-0.15, -0.1) is 5.10 Å². The zero-order valence-corrected chi connectivity index (χ0v) is 18.0. The molecule has 2 aromatic rings. The Labute approximate surface area is 174 Å². The number of hydrogen-bond acceptors (Lipinski definition) is 8. The topological polar surface area (TPSA) is 92.8 Å². The first kappa shape index (κ1) is 21.3. The number of amides is 1. The lowest BCUT2D eigenvalue weighted by atomic mass is 10.1. The molecule has 1 aliphatic heterocycles. The fourth-order valence-electron chi connectivity index (χ4n) is 3.19. The molecule has 9 nitrogen and oxygen atoms in total. The van der Waals surface area contributed by atoms with Crippen LogP contribution in [-0.2, 0) is 4.79 Å². The summed E-state index contributed by atoms with van der Waals surface area (Å²) in [6, 6.07) is 3.60. The van der Waals surface area contributed by atoms with Crippen LogP contribution >= 0.6 is 11.8 Å². The number of nitrogens with zero attached hydrogens (tertiary/aromatic N) is 4. The zero-order chi connectivity index (χ0) is 20.8. The highest BCUT2D eigenvalue weighted by atomic mass is 32.2. The largest absolute Gasteiger partial charge is 0.493 e. The van der Waals surface area contributed by atoms with Crippen molar-refractivity contribution < 1.29 is 19.0 Å². The first-order valence-corrected chi connectivity index (χ1v) is 10.4. The van der Waals surface area contributed by atoms with Gasteiger partial charge in [0.05, 0.1) is 27.1 Å². The normalized spacial score (nSPS) is 14.7. The molecule has 0 atom stereocenters. The number of H-pyrrole nitrogens is 1. The molecule has 1 aliphatic rings. The van der Waals surface area contributed by atoms with Gasteiger partial charge in [0.2, 0.25) is 16.8 Å². The van der Waals surface area contributed by atoms with Crippen LogP contribution < -0.4 is 14.2 Å². The molecule has 10 heteroatoms. The van der Waals surface area contributed by atoms with E-state index < -0.39 is 0 Å². The van der Waals surface area contributed by atoms with E-state index >= 15 is 0 Å². The molecule has 0 radical (unpaired) electrons. The second kappa shape index (κ2) is 9.84. The molecule has 1 aromatic heterocycles. The van der Waals surface area contributed by atoms with Crippen LogP contribution in [0.5, 0.6) is 17.2 Å². The van der Waals surface area contributed by atoms with E-state index in [-0.39, 0.29) is 5.91 Å². The summed E-state index contributed by atoms with van der Waals surface area (Å²) in [6.07, 6.45) is 0. The molecule has 3 rings (SSSR count). The number of rotatable bonds is 8. The minimum Gasteiger partial charge on any atom is -0.493 e. The highest BCUT2D eigenvalue weighted by molar-refractivity contribution is 7.99. The van der Waals surface area contributed by atoms with Gasteiger partial charge in [-0.3, -0.25) is 9.89 Å². The van der Waals surface area contributed by atoms with Crippen molar-refractivity contribution in [2.45, 2.75) is 12.1 Å².